The second kappa shape index (κ2) is 8.98. The number of esters is 1. The van der Waals surface area contributed by atoms with Gasteiger partial charge in [0, 0.05) is 23.6 Å². The molecule has 1 amide bonds. The Kier molecular flexibility index (Phi) is 5.60. The number of fused-ring (bicyclic) bond motifs is 2. The molecule has 1 aliphatic heterocycles. The molecule has 0 spiro atoms. The van der Waals surface area contributed by atoms with E-state index in [4.69, 9.17) is 14.8 Å². The minimum absolute atomic E-state index is 0.0159. The van der Waals surface area contributed by atoms with E-state index in [1.54, 1.807) is 16.6 Å². The van der Waals surface area contributed by atoms with Crippen LogP contribution in [0.4, 0.5) is 4.39 Å². The number of halogens is 1. The van der Waals surface area contributed by atoms with Gasteiger partial charge >= 0.3 is 5.97 Å². The molecule has 2 aliphatic carbocycles. The minimum atomic E-state index is -0.396. The van der Waals surface area contributed by atoms with E-state index in [0.717, 1.165) is 30.5 Å². The zero-order chi connectivity index (χ0) is 27.8. The first-order chi connectivity index (χ1) is 19.3. The zero-order valence-corrected chi connectivity index (χ0v) is 22.9. The lowest BCUT2D eigenvalue weighted by Crippen LogP contribution is -2.39. The van der Waals surface area contributed by atoms with Crippen LogP contribution in [0, 0.1) is 11.7 Å². The van der Waals surface area contributed by atoms with Gasteiger partial charge in [-0.2, -0.15) is 5.10 Å². The van der Waals surface area contributed by atoms with Crippen LogP contribution in [0.2, 0.25) is 0 Å². The molecule has 0 saturated heterocycles. The van der Waals surface area contributed by atoms with Gasteiger partial charge in [-0.05, 0) is 73.4 Å². The smallest absolute Gasteiger partial charge is 0.309 e. The Morgan fingerprint density at radius 2 is 1.90 bits per heavy atom. The molecule has 2 fully saturated rings. The fourth-order valence-corrected chi connectivity index (χ4v) is 6.23. The molecule has 2 aromatic carbocycles. The van der Waals surface area contributed by atoms with Crippen molar-refractivity contribution in [3.63, 3.8) is 0 Å². The summed E-state index contributed by atoms with van der Waals surface area (Å²) < 4.78 is 22.0. The molecule has 4 aromatic rings. The van der Waals surface area contributed by atoms with E-state index in [1.807, 2.05) is 29.2 Å². The molecule has 7 rings (SSSR count). The number of rotatable bonds is 5. The topological polar surface area (TPSA) is 76.8 Å². The van der Waals surface area contributed by atoms with Crippen molar-refractivity contribution in [2.24, 2.45) is 5.92 Å². The Morgan fingerprint density at radius 3 is 2.65 bits per heavy atom. The summed E-state index contributed by atoms with van der Waals surface area (Å²) in [7, 11) is 1.38. The van der Waals surface area contributed by atoms with Gasteiger partial charge in [0.25, 0.3) is 5.91 Å². The van der Waals surface area contributed by atoms with Crippen molar-refractivity contribution in [3.05, 3.63) is 88.5 Å². The maximum absolute atomic E-state index is 15.4. The summed E-state index contributed by atoms with van der Waals surface area (Å²) in [6.45, 7) is 4.87. The molecule has 2 aromatic heterocycles. The van der Waals surface area contributed by atoms with Crippen molar-refractivity contribution < 1.29 is 18.7 Å². The predicted octanol–water partition coefficient (Wildman–Crippen LogP) is 5.62. The van der Waals surface area contributed by atoms with Crippen LogP contribution in [0.25, 0.3) is 16.9 Å². The quantitative estimate of drug-likeness (QED) is 0.308. The van der Waals surface area contributed by atoms with E-state index in [2.05, 4.69) is 26.0 Å². The number of benzene rings is 2. The fraction of sp³-hybridized carbons (Fsp3) is 0.375. The number of nitrogens with zero attached hydrogens (tertiary/aromatic N) is 4. The molecule has 0 N–H and O–H groups in total. The van der Waals surface area contributed by atoms with Crippen molar-refractivity contribution in [2.45, 2.75) is 56.9 Å². The Morgan fingerprint density at radius 1 is 1.10 bits per heavy atom. The second-order valence-electron chi connectivity index (χ2n) is 11.7. The first kappa shape index (κ1) is 24.9. The van der Waals surface area contributed by atoms with Gasteiger partial charge in [-0.15, -0.1) is 0 Å². The Balaban J connectivity index is 1.24. The van der Waals surface area contributed by atoms with Gasteiger partial charge in [-0.25, -0.2) is 13.9 Å². The highest BCUT2D eigenvalue weighted by Crippen LogP contribution is 2.49. The highest BCUT2D eigenvalue weighted by molar-refractivity contribution is 5.93. The second-order valence-corrected chi connectivity index (χ2v) is 11.7. The molecule has 2 saturated carbocycles. The molecule has 7 nitrogen and oxygen atoms in total. The molecule has 3 heterocycles. The van der Waals surface area contributed by atoms with Crippen LogP contribution in [0.3, 0.4) is 0 Å². The first-order valence-electron chi connectivity index (χ1n) is 13.9. The summed E-state index contributed by atoms with van der Waals surface area (Å²) in [4.78, 5) is 32.3. The van der Waals surface area contributed by atoms with Gasteiger partial charge in [-0.3, -0.25) is 9.59 Å². The summed E-state index contributed by atoms with van der Waals surface area (Å²) in [6.07, 6.45) is 3.47. The van der Waals surface area contributed by atoms with Crippen molar-refractivity contribution in [2.75, 3.05) is 13.7 Å². The number of amides is 1. The Bertz CT molecular complexity index is 1690. The van der Waals surface area contributed by atoms with Crippen molar-refractivity contribution >= 4 is 17.5 Å². The summed E-state index contributed by atoms with van der Waals surface area (Å²) in [5.74, 6) is -0.970. The molecule has 8 heteroatoms. The maximum atomic E-state index is 15.4. The summed E-state index contributed by atoms with van der Waals surface area (Å²) in [5, 5.41) is 4.77. The number of hydrogen-bond donors (Lipinski definition) is 0. The zero-order valence-electron chi connectivity index (χ0n) is 22.9. The third-order valence-corrected chi connectivity index (χ3v) is 9.11. The van der Waals surface area contributed by atoms with E-state index in [1.165, 1.54) is 24.3 Å². The summed E-state index contributed by atoms with van der Waals surface area (Å²) in [5.41, 5.74) is 5.83. The van der Waals surface area contributed by atoms with Gasteiger partial charge in [0.1, 0.15) is 11.5 Å². The van der Waals surface area contributed by atoms with Gasteiger partial charge in [0.2, 0.25) is 0 Å². The van der Waals surface area contributed by atoms with Crippen molar-refractivity contribution in [3.8, 4) is 11.3 Å². The molecule has 40 heavy (non-hydrogen) atoms. The lowest BCUT2D eigenvalue weighted by Gasteiger charge is -2.35. The molecular formula is C32H31FN4O3. The highest BCUT2D eigenvalue weighted by atomic mass is 19.1. The Labute approximate surface area is 232 Å². The summed E-state index contributed by atoms with van der Waals surface area (Å²) in [6, 6.07) is 16.9. The highest BCUT2D eigenvalue weighted by Gasteiger charge is 2.45. The normalized spacial score (nSPS) is 22.6. The molecule has 0 bridgehead atoms. The van der Waals surface area contributed by atoms with Crippen LogP contribution in [-0.2, 0) is 21.4 Å². The predicted molar refractivity (Wildman–Crippen MR) is 147 cm³/mol. The van der Waals surface area contributed by atoms with E-state index < -0.39 is 5.82 Å². The molecule has 3 aliphatic rings. The van der Waals surface area contributed by atoms with E-state index in [0.29, 0.717) is 35.6 Å². The number of methoxy groups -OCH3 is 1. The third kappa shape index (κ3) is 4.00. The standard InChI is InChI=1S/C32H31FN4O3/c1-18-21-7-5-4-6-19(21)10-13-36(18)30(38)27-16-28(32(2)11-12-32)37-29(34-27)17-26(35-37)22-9-8-20(14-25(22)33)23-15-24(23)31(39)40-3/h4-9,14,16-18,23-24H,10-13,15H2,1-3H3/t18-,23?,24-/m1/s1. The van der Waals surface area contributed by atoms with Gasteiger partial charge < -0.3 is 9.64 Å². The number of carbonyl (C=O) groups is 2. The number of carbonyl (C=O) groups excluding carboxylic acids is 2. The van der Waals surface area contributed by atoms with Crippen LogP contribution >= 0.6 is 0 Å². The van der Waals surface area contributed by atoms with Crippen LogP contribution in [-0.4, -0.2) is 45.0 Å². The number of aromatic nitrogens is 3. The average Bonchev–Trinajstić information content (AvgIpc) is 3.88. The molecule has 0 radical (unpaired) electrons. The maximum Gasteiger partial charge on any atom is 0.309 e. The van der Waals surface area contributed by atoms with Gasteiger partial charge in [0.05, 0.1) is 30.5 Å². The monoisotopic (exact) mass is 538 g/mol. The average molecular weight is 539 g/mol. The van der Waals surface area contributed by atoms with E-state index in [-0.39, 0.29) is 35.2 Å². The summed E-state index contributed by atoms with van der Waals surface area (Å²) >= 11 is 0. The van der Waals surface area contributed by atoms with Crippen LogP contribution in [0.5, 0.6) is 0 Å². The Hall–Kier alpha value is -4.07. The van der Waals surface area contributed by atoms with Crippen molar-refractivity contribution in [1.82, 2.24) is 19.5 Å². The SMILES string of the molecule is COC(=O)[C@@H]1CC1c1ccc(-c2cc3nc(C(=O)N4CCc5ccccc5[C@H]4C)cc(C4(C)CC4)n3n2)c(F)c1. The van der Waals surface area contributed by atoms with Crippen LogP contribution in [0.1, 0.15) is 77.9 Å². The first-order valence-corrected chi connectivity index (χ1v) is 13.9. The largest absolute Gasteiger partial charge is 0.469 e. The molecule has 1 unspecified atom stereocenters. The fourth-order valence-electron chi connectivity index (χ4n) is 6.23. The minimum Gasteiger partial charge on any atom is -0.469 e. The van der Waals surface area contributed by atoms with Crippen molar-refractivity contribution in [1.29, 1.82) is 0 Å². The molecular weight excluding hydrogens is 507 g/mol. The molecule has 204 valence electrons. The van der Waals surface area contributed by atoms with Gasteiger partial charge in [0.15, 0.2) is 5.65 Å². The van der Waals surface area contributed by atoms with Crippen LogP contribution < -0.4 is 0 Å². The lowest BCUT2D eigenvalue weighted by atomic mass is 9.93. The van der Waals surface area contributed by atoms with Crippen LogP contribution in [0.15, 0.2) is 54.6 Å². The number of ether oxygens (including phenoxy) is 1. The van der Waals surface area contributed by atoms with Gasteiger partial charge in [-0.1, -0.05) is 37.3 Å². The molecule has 3 atom stereocenters. The third-order valence-electron chi connectivity index (χ3n) is 9.11. The number of hydrogen-bond acceptors (Lipinski definition) is 5. The van der Waals surface area contributed by atoms with E-state index >= 15 is 4.39 Å². The lowest BCUT2D eigenvalue weighted by molar-refractivity contribution is -0.142. The van der Waals surface area contributed by atoms with E-state index in [9.17, 15) is 9.59 Å².